The lowest BCUT2D eigenvalue weighted by molar-refractivity contribution is 0.0657. The first kappa shape index (κ1) is 19.0. The van der Waals surface area contributed by atoms with Gasteiger partial charge in [-0.05, 0) is 25.0 Å². The second kappa shape index (κ2) is 9.84. The molecule has 0 bridgehead atoms. The highest BCUT2D eigenvalue weighted by molar-refractivity contribution is 5.22. The fourth-order valence-electron chi connectivity index (χ4n) is 2.73. The highest BCUT2D eigenvalue weighted by atomic mass is 16.5. The molecule has 132 valence electrons. The van der Waals surface area contributed by atoms with Gasteiger partial charge < -0.3 is 4.74 Å². The molecule has 2 rings (SSSR count). The van der Waals surface area contributed by atoms with Crippen LogP contribution in [0.5, 0.6) is 0 Å². The summed E-state index contributed by atoms with van der Waals surface area (Å²) in [6.45, 7) is 15.6. The number of piperazine rings is 1. The molecule has 0 atom stereocenters. The standard InChI is InChI=1S/C21H32N2O/c1-18(2)6-5-11-22-12-14-23(15-13-22)16-20-7-9-21(10-8-20)17-24-19(3)4/h7-10,18-19H,11-17H2,1-4H3. The van der Waals surface area contributed by atoms with Crippen molar-refractivity contribution in [1.82, 2.24) is 9.80 Å². The fraction of sp³-hybridized carbons (Fsp3) is 0.619. The van der Waals surface area contributed by atoms with Crippen molar-refractivity contribution in [2.75, 3.05) is 32.7 Å². The topological polar surface area (TPSA) is 15.7 Å². The summed E-state index contributed by atoms with van der Waals surface area (Å²) in [4.78, 5) is 4.99. The molecular formula is C21H32N2O. The van der Waals surface area contributed by atoms with Crippen LogP contribution in [-0.4, -0.2) is 48.6 Å². The number of hydrogen-bond donors (Lipinski definition) is 0. The van der Waals surface area contributed by atoms with E-state index in [1.54, 1.807) is 0 Å². The molecular weight excluding hydrogens is 296 g/mol. The maximum absolute atomic E-state index is 5.65. The van der Waals surface area contributed by atoms with Crippen LogP contribution in [0.15, 0.2) is 24.3 Å². The number of nitrogens with zero attached hydrogens (tertiary/aromatic N) is 2. The van der Waals surface area contributed by atoms with Crippen LogP contribution >= 0.6 is 0 Å². The summed E-state index contributed by atoms with van der Waals surface area (Å²) >= 11 is 0. The van der Waals surface area contributed by atoms with E-state index in [9.17, 15) is 0 Å². The first-order chi connectivity index (χ1) is 11.5. The largest absolute Gasteiger partial charge is 0.374 e. The van der Waals surface area contributed by atoms with Crippen molar-refractivity contribution < 1.29 is 4.74 Å². The van der Waals surface area contributed by atoms with Crippen LogP contribution in [0.2, 0.25) is 0 Å². The second-order valence-corrected chi connectivity index (χ2v) is 7.20. The van der Waals surface area contributed by atoms with Gasteiger partial charge in [-0.15, -0.1) is 0 Å². The number of rotatable bonds is 6. The van der Waals surface area contributed by atoms with Crippen LogP contribution in [0.1, 0.15) is 38.8 Å². The zero-order valence-electron chi connectivity index (χ0n) is 15.7. The molecule has 0 saturated carbocycles. The van der Waals surface area contributed by atoms with Gasteiger partial charge in [-0.1, -0.05) is 50.0 Å². The van der Waals surface area contributed by atoms with Gasteiger partial charge in [-0.2, -0.15) is 0 Å². The van der Waals surface area contributed by atoms with Crippen LogP contribution < -0.4 is 0 Å². The van der Waals surface area contributed by atoms with E-state index < -0.39 is 0 Å². The Morgan fingerprint density at radius 1 is 0.917 bits per heavy atom. The van der Waals surface area contributed by atoms with E-state index in [1.165, 1.54) is 11.1 Å². The van der Waals surface area contributed by atoms with Gasteiger partial charge in [0.25, 0.3) is 0 Å². The van der Waals surface area contributed by atoms with Gasteiger partial charge in [0.15, 0.2) is 0 Å². The summed E-state index contributed by atoms with van der Waals surface area (Å²) in [5.74, 6) is 7.01. The van der Waals surface area contributed by atoms with Crippen molar-refractivity contribution in [2.24, 2.45) is 5.92 Å². The van der Waals surface area contributed by atoms with E-state index in [2.05, 4.69) is 73.6 Å². The van der Waals surface area contributed by atoms with Crippen molar-refractivity contribution in [1.29, 1.82) is 0 Å². The van der Waals surface area contributed by atoms with Gasteiger partial charge in [-0.3, -0.25) is 9.80 Å². The normalized spacial score (nSPS) is 16.4. The first-order valence-corrected chi connectivity index (χ1v) is 9.15. The van der Waals surface area contributed by atoms with Crippen LogP contribution in [0.25, 0.3) is 0 Å². The number of hydrogen-bond acceptors (Lipinski definition) is 3. The summed E-state index contributed by atoms with van der Waals surface area (Å²) in [6.07, 6.45) is 0.284. The molecule has 0 N–H and O–H groups in total. The molecule has 0 spiro atoms. The minimum atomic E-state index is 0.284. The van der Waals surface area contributed by atoms with Crippen molar-refractivity contribution in [3.05, 3.63) is 35.4 Å². The molecule has 1 heterocycles. The Kier molecular flexibility index (Phi) is 7.78. The third-order valence-corrected chi connectivity index (χ3v) is 4.17. The molecule has 1 aromatic carbocycles. The Labute approximate surface area is 148 Å². The van der Waals surface area contributed by atoms with Gasteiger partial charge in [0, 0.05) is 38.6 Å². The van der Waals surface area contributed by atoms with Crippen LogP contribution in [0, 0.1) is 17.8 Å². The Morgan fingerprint density at radius 2 is 1.50 bits per heavy atom. The quantitative estimate of drug-likeness (QED) is 0.745. The van der Waals surface area contributed by atoms with Crippen molar-refractivity contribution in [2.45, 2.75) is 47.0 Å². The Hall–Kier alpha value is -1.34. The van der Waals surface area contributed by atoms with Gasteiger partial charge in [0.05, 0.1) is 19.3 Å². The Morgan fingerprint density at radius 3 is 2.08 bits per heavy atom. The lowest BCUT2D eigenvalue weighted by Crippen LogP contribution is -2.45. The number of benzene rings is 1. The van der Waals surface area contributed by atoms with Gasteiger partial charge in [0.1, 0.15) is 0 Å². The number of ether oxygens (including phenoxy) is 1. The zero-order chi connectivity index (χ0) is 17.4. The zero-order valence-corrected chi connectivity index (χ0v) is 15.7. The third-order valence-electron chi connectivity index (χ3n) is 4.17. The fourth-order valence-corrected chi connectivity index (χ4v) is 2.73. The third kappa shape index (κ3) is 7.05. The summed E-state index contributed by atoms with van der Waals surface area (Å²) in [6, 6.07) is 8.85. The molecule has 1 fully saturated rings. The molecule has 3 heteroatoms. The lowest BCUT2D eigenvalue weighted by Gasteiger charge is -2.33. The lowest BCUT2D eigenvalue weighted by atomic mass is 10.1. The average Bonchev–Trinajstić information content (AvgIpc) is 2.55. The van der Waals surface area contributed by atoms with E-state index in [0.717, 1.165) is 39.3 Å². The molecule has 3 nitrogen and oxygen atoms in total. The predicted molar refractivity (Wildman–Crippen MR) is 101 cm³/mol. The Bertz CT molecular complexity index is 531. The second-order valence-electron chi connectivity index (χ2n) is 7.20. The maximum atomic E-state index is 5.65. The summed E-state index contributed by atoms with van der Waals surface area (Å²) in [5, 5.41) is 0. The minimum Gasteiger partial charge on any atom is -0.374 e. The molecule has 1 aliphatic rings. The molecule has 0 aliphatic carbocycles. The first-order valence-electron chi connectivity index (χ1n) is 9.15. The Balaban J connectivity index is 1.72. The highest BCUT2D eigenvalue weighted by Crippen LogP contribution is 2.11. The van der Waals surface area contributed by atoms with E-state index in [1.807, 2.05) is 0 Å². The van der Waals surface area contributed by atoms with Gasteiger partial charge >= 0.3 is 0 Å². The van der Waals surface area contributed by atoms with Crippen molar-refractivity contribution in [3.8, 4) is 11.8 Å². The maximum Gasteiger partial charge on any atom is 0.0720 e. The molecule has 0 radical (unpaired) electrons. The van der Waals surface area contributed by atoms with Crippen molar-refractivity contribution in [3.63, 3.8) is 0 Å². The summed E-state index contributed by atoms with van der Waals surface area (Å²) in [7, 11) is 0. The molecule has 0 amide bonds. The highest BCUT2D eigenvalue weighted by Gasteiger charge is 2.16. The van der Waals surface area contributed by atoms with E-state index in [-0.39, 0.29) is 6.10 Å². The van der Waals surface area contributed by atoms with Crippen LogP contribution in [0.4, 0.5) is 0 Å². The van der Waals surface area contributed by atoms with Crippen LogP contribution in [0.3, 0.4) is 0 Å². The van der Waals surface area contributed by atoms with Crippen LogP contribution in [-0.2, 0) is 17.9 Å². The molecule has 1 saturated heterocycles. The molecule has 1 aliphatic heterocycles. The minimum absolute atomic E-state index is 0.284. The SMILES string of the molecule is CC(C)C#CCN1CCN(Cc2ccc(COC(C)C)cc2)CC1. The molecule has 1 aromatic rings. The van der Waals surface area contributed by atoms with E-state index >= 15 is 0 Å². The monoisotopic (exact) mass is 328 g/mol. The average molecular weight is 329 g/mol. The van der Waals surface area contributed by atoms with E-state index in [0.29, 0.717) is 12.5 Å². The smallest absolute Gasteiger partial charge is 0.0720 e. The van der Waals surface area contributed by atoms with Gasteiger partial charge in [-0.25, -0.2) is 0 Å². The van der Waals surface area contributed by atoms with Crippen molar-refractivity contribution >= 4 is 0 Å². The molecule has 24 heavy (non-hydrogen) atoms. The van der Waals surface area contributed by atoms with E-state index in [4.69, 9.17) is 4.74 Å². The molecule has 0 aromatic heterocycles. The summed E-state index contributed by atoms with van der Waals surface area (Å²) in [5.41, 5.74) is 2.64. The summed E-state index contributed by atoms with van der Waals surface area (Å²) < 4.78 is 5.65. The van der Waals surface area contributed by atoms with Gasteiger partial charge in [0.2, 0.25) is 0 Å². The molecule has 0 unspecified atom stereocenters. The predicted octanol–water partition coefficient (Wildman–Crippen LogP) is 3.39.